The standard InChI is InChI=1S/C16H31NO4/c1-3-5-7-8-9-10-11-13-15(18)21-14(12-6-4-2)17-16(19)20/h14,17H,3-13H2,1-2H3,(H,19,20). The fourth-order valence-electron chi connectivity index (χ4n) is 2.13. The van der Waals surface area contributed by atoms with Crippen LogP contribution in [0.5, 0.6) is 0 Å². The number of rotatable bonds is 13. The van der Waals surface area contributed by atoms with Crippen LogP contribution < -0.4 is 5.32 Å². The fraction of sp³-hybridized carbons (Fsp3) is 0.875. The van der Waals surface area contributed by atoms with E-state index < -0.39 is 12.3 Å². The summed E-state index contributed by atoms with van der Waals surface area (Å²) >= 11 is 0. The third-order valence-electron chi connectivity index (χ3n) is 3.36. The maximum atomic E-state index is 11.7. The summed E-state index contributed by atoms with van der Waals surface area (Å²) in [6.45, 7) is 4.20. The van der Waals surface area contributed by atoms with Crippen molar-refractivity contribution in [3.05, 3.63) is 0 Å². The number of esters is 1. The lowest BCUT2D eigenvalue weighted by Crippen LogP contribution is -2.37. The molecule has 0 rings (SSSR count). The lowest BCUT2D eigenvalue weighted by atomic mass is 10.1. The topological polar surface area (TPSA) is 75.6 Å². The number of hydrogen-bond acceptors (Lipinski definition) is 3. The fourth-order valence-corrected chi connectivity index (χ4v) is 2.13. The summed E-state index contributed by atoms with van der Waals surface area (Å²) in [5.41, 5.74) is 0. The third-order valence-corrected chi connectivity index (χ3v) is 3.36. The van der Waals surface area contributed by atoms with Crippen LogP contribution in [0.15, 0.2) is 0 Å². The first-order chi connectivity index (χ1) is 10.1. The van der Waals surface area contributed by atoms with Crippen molar-refractivity contribution in [2.75, 3.05) is 0 Å². The van der Waals surface area contributed by atoms with E-state index in [1.54, 1.807) is 0 Å². The van der Waals surface area contributed by atoms with E-state index in [0.717, 1.165) is 32.1 Å². The molecule has 0 heterocycles. The first-order valence-corrected chi connectivity index (χ1v) is 8.29. The second-order valence-corrected chi connectivity index (χ2v) is 5.44. The van der Waals surface area contributed by atoms with Gasteiger partial charge in [-0.05, 0) is 12.8 Å². The van der Waals surface area contributed by atoms with Crippen molar-refractivity contribution in [3.8, 4) is 0 Å². The molecule has 0 aliphatic rings. The van der Waals surface area contributed by atoms with Crippen molar-refractivity contribution in [1.82, 2.24) is 5.32 Å². The Kier molecular flexibility index (Phi) is 12.9. The Labute approximate surface area is 128 Å². The third kappa shape index (κ3) is 13.5. The minimum atomic E-state index is -1.15. The number of carboxylic acid groups (broad SMARTS) is 1. The normalized spacial score (nSPS) is 11.9. The number of carbonyl (C=O) groups is 2. The minimum absolute atomic E-state index is 0.307. The quantitative estimate of drug-likeness (QED) is 0.299. The Morgan fingerprint density at radius 1 is 0.952 bits per heavy atom. The SMILES string of the molecule is CCCCCCCCCC(=O)OC(CCCC)NC(=O)O. The van der Waals surface area contributed by atoms with Gasteiger partial charge in [0.2, 0.25) is 0 Å². The smallest absolute Gasteiger partial charge is 0.407 e. The molecule has 1 unspecified atom stereocenters. The number of nitrogens with one attached hydrogen (secondary N) is 1. The Bertz CT molecular complexity index is 281. The van der Waals surface area contributed by atoms with Crippen molar-refractivity contribution in [2.45, 2.75) is 90.7 Å². The molecule has 0 aliphatic heterocycles. The molecule has 0 aromatic carbocycles. The van der Waals surface area contributed by atoms with Gasteiger partial charge in [-0.1, -0.05) is 58.8 Å². The molecule has 0 fully saturated rings. The van der Waals surface area contributed by atoms with Crippen LogP contribution in [-0.4, -0.2) is 23.4 Å². The van der Waals surface area contributed by atoms with Crippen molar-refractivity contribution >= 4 is 12.1 Å². The summed E-state index contributed by atoms with van der Waals surface area (Å²) in [5.74, 6) is -0.307. The van der Waals surface area contributed by atoms with Crippen molar-refractivity contribution in [1.29, 1.82) is 0 Å². The maximum absolute atomic E-state index is 11.7. The summed E-state index contributed by atoms with van der Waals surface area (Å²) in [6, 6.07) is 0. The number of hydrogen-bond donors (Lipinski definition) is 2. The van der Waals surface area contributed by atoms with E-state index in [1.165, 1.54) is 25.7 Å². The van der Waals surface area contributed by atoms with Crippen molar-refractivity contribution in [2.24, 2.45) is 0 Å². The molecule has 1 amide bonds. The van der Waals surface area contributed by atoms with Gasteiger partial charge in [-0.15, -0.1) is 0 Å². The maximum Gasteiger partial charge on any atom is 0.407 e. The predicted octanol–water partition coefficient (Wildman–Crippen LogP) is 4.45. The molecular formula is C16H31NO4. The summed E-state index contributed by atoms with van der Waals surface area (Å²) in [7, 11) is 0. The Morgan fingerprint density at radius 3 is 2.10 bits per heavy atom. The molecule has 0 aromatic heterocycles. The van der Waals surface area contributed by atoms with Crippen LogP contribution in [0.4, 0.5) is 4.79 Å². The highest BCUT2D eigenvalue weighted by Crippen LogP contribution is 2.10. The molecule has 0 saturated heterocycles. The Balaban J connectivity index is 3.73. The van der Waals surface area contributed by atoms with Gasteiger partial charge < -0.3 is 9.84 Å². The van der Waals surface area contributed by atoms with Crippen molar-refractivity contribution in [3.63, 3.8) is 0 Å². The number of carbonyl (C=O) groups excluding carboxylic acids is 1. The average Bonchev–Trinajstić information content (AvgIpc) is 2.43. The first kappa shape index (κ1) is 19.7. The highest BCUT2D eigenvalue weighted by molar-refractivity contribution is 5.70. The Hall–Kier alpha value is -1.26. The lowest BCUT2D eigenvalue weighted by molar-refractivity contribution is -0.150. The van der Waals surface area contributed by atoms with Crippen LogP contribution >= 0.6 is 0 Å². The number of ether oxygens (including phenoxy) is 1. The number of amides is 1. The molecule has 1 atom stereocenters. The van der Waals surface area contributed by atoms with Gasteiger partial charge in [-0.25, -0.2) is 4.79 Å². The molecule has 0 radical (unpaired) electrons. The zero-order valence-corrected chi connectivity index (χ0v) is 13.5. The van der Waals surface area contributed by atoms with E-state index in [1.807, 2.05) is 6.92 Å². The van der Waals surface area contributed by atoms with E-state index in [2.05, 4.69) is 12.2 Å². The van der Waals surface area contributed by atoms with Crippen LogP contribution in [0.3, 0.4) is 0 Å². The molecule has 5 nitrogen and oxygen atoms in total. The highest BCUT2D eigenvalue weighted by Gasteiger charge is 2.15. The van der Waals surface area contributed by atoms with Crippen molar-refractivity contribution < 1.29 is 19.4 Å². The summed E-state index contributed by atoms with van der Waals surface area (Å²) in [6.07, 6.45) is 8.82. The molecule has 21 heavy (non-hydrogen) atoms. The summed E-state index contributed by atoms with van der Waals surface area (Å²) in [4.78, 5) is 22.3. The van der Waals surface area contributed by atoms with Gasteiger partial charge in [-0.2, -0.15) is 0 Å². The average molecular weight is 301 g/mol. The lowest BCUT2D eigenvalue weighted by Gasteiger charge is -2.17. The van der Waals surface area contributed by atoms with E-state index in [9.17, 15) is 9.59 Å². The van der Waals surface area contributed by atoms with Gasteiger partial charge in [-0.3, -0.25) is 10.1 Å². The summed E-state index contributed by atoms with van der Waals surface area (Å²) < 4.78 is 5.18. The largest absolute Gasteiger partial charge is 0.465 e. The van der Waals surface area contributed by atoms with Gasteiger partial charge in [0.1, 0.15) is 0 Å². The van der Waals surface area contributed by atoms with E-state index in [-0.39, 0.29) is 5.97 Å². The van der Waals surface area contributed by atoms with Gasteiger partial charge in [0, 0.05) is 12.8 Å². The molecule has 0 saturated carbocycles. The molecule has 0 aromatic rings. The van der Waals surface area contributed by atoms with Gasteiger partial charge >= 0.3 is 12.1 Å². The van der Waals surface area contributed by atoms with Gasteiger partial charge in [0.05, 0.1) is 0 Å². The highest BCUT2D eigenvalue weighted by atomic mass is 16.6. The monoisotopic (exact) mass is 301 g/mol. The van der Waals surface area contributed by atoms with E-state index >= 15 is 0 Å². The van der Waals surface area contributed by atoms with Crippen LogP contribution in [0, 0.1) is 0 Å². The van der Waals surface area contributed by atoms with E-state index in [4.69, 9.17) is 9.84 Å². The molecule has 2 N–H and O–H groups in total. The number of unbranched alkanes of at least 4 members (excludes halogenated alkanes) is 7. The Morgan fingerprint density at radius 2 is 1.52 bits per heavy atom. The van der Waals surface area contributed by atoms with E-state index in [0.29, 0.717) is 12.8 Å². The van der Waals surface area contributed by atoms with Gasteiger partial charge in [0.25, 0.3) is 0 Å². The molecular weight excluding hydrogens is 270 g/mol. The zero-order chi connectivity index (χ0) is 15.9. The van der Waals surface area contributed by atoms with Crippen LogP contribution in [0.25, 0.3) is 0 Å². The second kappa shape index (κ2) is 13.7. The predicted molar refractivity (Wildman–Crippen MR) is 83.2 cm³/mol. The van der Waals surface area contributed by atoms with Crippen LogP contribution in [0.2, 0.25) is 0 Å². The first-order valence-electron chi connectivity index (χ1n) is 8.29. The van der Waals surface area contributed by atoms with Gasteiger partial charge in [0.15, 0.2) is 6.23 Å². The second-order valence-electron chi connectivity index (χ2n) is 5.44. The molecule has 0 bridgehead atoms. The molecule has 0 spiro atoms. The minimum Gasteiger partial charge on any atom is -0.465 e. The summed E-state index contributed by atoms with van der Waals surface area (Å²) in [5, 5.41) is 11.0. The van der Waals surface area contributed by atoms with Crippen LogP contribution in [-0.2, 0) is 9.53 Å². The zero-order valence-electron chi connectivity index (χ0n) is 13.5. The molecule has 0 aliphatic carbocycles. The molecule has 124 valence electrons. The van der Waals surface area contributed by atoms with Crippen LogP contribution in [0.1, 0.15) is 84.5 Å². The molecule has 5 heteroatoms.